The zero-order chi connectivity index (χ0) is 23.7. The van der Waals surface area contributed by atoms with E-state index in [4.69, 9.17) is 9.84 Å². The van der Waals surface area contributed by atoms with Crippen LogP contribution in [0.3, 0.4) is 0 Å². The lowest BCUT2D eigenvalue weighted by molar-refractivity contribution is -0.139. The third kappa shape index (κ3) is 5.31. The van der Waals surface area contributed by atoms with E-state index in [1.54, 1.807) is 18.2 Å². The van der Waals surface area contributed by atoms with E-state index >= 15 is 0 Å². The van der Waals surface area contributed by atoms with Crippen molar-refractivity contribution in [1.29, 1.82) is 0 Å². The van der Waals surface area contributed by atoms with Crippen molar-refractivity contribution in [3.05, 3.63) is 65.2 Å². The molecular formula is C22H22F3NO5S. The number of halogens is 3. The van der Waals surface area contributed by atoms with Crippen LogP contribution in [-0.4, -0.2) is 26.1 Å². The number of aliphatic carboxylic acids is 1. The fraction of sp³-hybridized carbons (Fsp3) is 0.318. The number of carbonyl (C=O) groups is 1. The third-order valence-corrected chi connectivity index (χ3v) is 6.60. The maximum atomic E-state index is 13.3. The number of alkyl halides is 3. The number of hydrogen-bond acceptors (Lipinski definition) is 4. The molecule has 1 atom stereocenters. The molecule has 2 N–H and O–H groups in total. The highest BCUT2D eigenvalue weighted by Crippen LogP contribution is 2.37. The lowest BCUT2D eigenvalue weighted by Crippen LogP contribution is -2.31. The fourth-order valence-corrected chi connectivity index (χ4v) is 4.95. The monoisotopic (exact) mass is 469 g/mol. The molecule has 0 bridgehead atoms. The molecule has 2 aromatic carbocycles. The standard InChI is InChI=1S/C22H22F3NO5S/c1-13(2)14-9-15(22(23,24)25)11-16(10-14)32(29,30)26-19-7-3-6-18-17(19)5-4-8-20(18)31-12-21(27)28/h4-5,8-11,19,26H,1,3,6-7,12H2,2H3,(H,27,28)/t19-/m1/s1. The van der Waals surface area contributed by atoms with E-state index in [0.717, 1.165) is 12.1 Å². The van der Waals surface area contributed by atoms with Crippen LogP contribution < -0.4 is 9.46 Å². The number of carboxylic acids is 1. The van der Waals surface area contributed by atoms with Crippen molar-refractivity contribution < 1.29 is 36.2 Å². The van der Waals surface area contributed by atoms with Gasteiger partial charge in [-0.15, -0.1) is 0 Å². The molecular weight excluding hydrogens is 447 g/mol. The van der Waals surface area contributed by atoms with Gasteiger partial charge in [0, 0.05) is 6.04 Å². The first-order chi connectivity index (χ1) is 14.9. The van der Waals surface area contributed by atoms with Gasteiger partial charge in [0.1, 0.15) is 5.75 Å². The lowest BCUT2D eigenvalue weighted by Gasteiger charge is -2.28. The summed E-state index contributed by atoms with van der Waals surface area (Å²) >= 11 is 0. The number of carboxylic acid groups (broad SMARTS) is 1. The number of fused-ring (bicyclic) bond motifs is 1. The SMILES string of the molecule is C=C(C)c1cc(C(F)(F)F)cc(S(=O)(=O)N[C@@H]2CCCc3c(OCC(=O)O)cccc32)c1. The second-order valence-electron chi connectivity index (χ2n) is 7.60. The van der Waals surface area contributed by atoms with Crippen LogP contribution in [-0.2, 0) is 27.4 Å². The van der Waals surface area contributed by atoms with Gasteiger partial charge in [0.05, 0.1) is 10.5 Å². The van der Waals surface area contributed by atoms with Crippen LogP contribution in [0.25, 0.3) is 5.57 Å². The molecule has 32 heavy (non-hydrogen) atoms. The van der Waals surface area contributed by atoms with Gasteiger partial charge in [0.2, 0.25) is 10.0 Å². The van der Waals surface area contributed by atoms with E-state index < -0.39 is 45.3 Å². The van der Waals surface area contributed by atoms with Crippen LogP contribution in [0, 0.1) is 0 Å². The van der Waals surface area contributed by atoms with E-state index in [-0.39, 0.29) is 5.56 Å². The van der Waals surface area contributed by atoms with Crippen molar-refractivity contribution in [2.45, 2.75) is 43.3 Å². The molecule has 3 rings (SSSR count). The van der Waals surface area contributed by atoms with Gasteiger partial charge in [-0.1, -0.05) is 24.3 Å². The molecule has 0 saturated carbocycles. The lowest BCUT2D eigenvalue weighted by atomic mass is 9.87. The number of ether oxygens (including phenoxy) is 1. The Balaban J connectivity index is 1.97. The molecule has 0 aliphatic heterocycles. The minimum absolute atomic E-state index is 0.0774. The van der Waals surface area contributed by atoms with E-state index in [1.165, 1.54) is 6.92 Å². The highest BCUT2D eigenvalue weighted by Gasteiger charge is 2.34. The summed E-state index contributed by atoms with van der Waals surface area (Å²) in [5, 5.41) is 8.85. The largest absolute Gasteiger partial charge is 0.482 e. The summed E-state index contributed by atoms with van der Waals surface area (Å²) in [6.45, 7) is 4.57. The van der Waals surface area contributed by atoms with Crippen molar-refractivity contribution >= 4 is 21.6 Å². The highest BCUT2D eigenvalue weighted by atomic mass is 32.2. The Morgan fingerprint density at radius 2 is 2.00 bits per heavy atom. The van der Waals surface area contributed by atoms with Crippen LogP contribution in [0.1, 0.15) is 48.1 Å². The van der Waals surface area contributed by atoms with Gasteiger partial charge in [-0.2, -0.15) is 13.2 Å². The molecule has 2 aromatic rings. The summed E-state index contributed by atoms with van der Waals surface area (Å²) in [4.78, 5) is 10.3. The molecule has 0 spiro atoms. The molecule has 1 aliphatic carbocycles. The first-order valence-corrected chi connectivity index (χ1v) is 11.2. The molecule has 0 heterocycles. The summed E-state index contributed by atoms with van der Waals surface area (Å²) in [7, 11) is -4.31. The van der Waals surface area contributed by atoms with Crippen LogP contribution in [0.5, 0.6) is 5.75 Å². The Labute approximate surface area is 183 Å². The first-order valence-electron chi connectivity index (χ1n) is 9.75. The van der Waals surface area contributed by atoms with E-state index in [2.05, 4.69) is 11.3 Å². The zero-order valence-electron chi connectivity index (χ0n) is 17.2. The van der Waals surface area contributed by atoms with Gasteiger partial charge >= 0.3 is 12.1 Å². The molecule has 10 heteroatoms. The Morgan fingerprint density at radius 1 is 1.28 bits per heavy atom. The second-order valence-corrected chi connectivity index (χ2v) is 9.31. The van der Waals surface area contributed by atoms with Gasteiger partial charge in [0.25, 0.3) is 0 Å². The van der Waals surface area contributed by atoms with Crippen molar-refractivity contribution in [3.63, 3.8) is 0 Å². The van der Waals surface area contributed by atoms with Gasteiger partial charge < -0.3 is 9.84 Å². The number of rotatable bonds is 7. The average molecular weight is 469 g/mol. The quantitative estimate of drug-likeness (QED) is 0.620. The molecule has 0 fully saturated rings. The van der Waals surface area contributed by atoms with Gasteiger partial charge in [-0.05, 0) is 67.1 Å². The summed E-state index contributed by atoms with van der Waals surface area (Å²) in [6.07, 6.45) is -3.13. The Kier molecular flexibility index (Phi) is 6.66. The Hall–Kier alpha value is -2.85. The topological polar surface area (TPSA) is 92.7 Å². The Bertz CT molecular complexity index is 1160. The molecule has 0 unspecified atom stereocenters. The zero-order valence-corrected chi connectivity index (χ0v) is 18.0. The fourth-order valence-electron chi connectivity index (χ4n) is 3.63. The van der Waals surface area contributed by atoms with E-state index in [1.807, 2.05) is 0 Å². The first kappa shape index (κ1) is 23.8. The number of allylic oxidation sites excluding steroid dienone is 1. The summed E-state index contributed by atoms with van der Waals surface area (Å²) < 4.78 is 73.9. The highest BCUT2D eigenvalue weighted by molar-refractivity contribution is 7.89. The third-order valence-electron chi connectivity index (χ3n) is 5.15. The number of benzene rings is 2. The average Bonchev–Trinajstić information content (AvgIpc) is 2.71. The predicted octanol–water partition coefficient (Wildman–Crippen LogP) is 4.56. The predicted molar refractivity (Wildman–Crippen MR) is 112 cm³/mol. The van der Waals surface area contributed by atoms with Gasteiger partial charge in [0.15, 0.2) is 6.61 Å². The molecule has 0 radical (unpaired) electrons. The Morgan fingerprint density at radius 3 is 2.62 bits per heavy atom. The number of hydrogen-bond donors (Lipinski definition) is 2. The van der Waals surface area contributed by atoms with Crippen molar-refractivity contribution in [1.82, 2.24) is 4.72 Å². The van der Waals surface area contributed by atoms with Crippen LogP contribution >= 0.6 is 0 Å². The minimum Gasteiger partial charge on any atom is -0.482 e. The summed E-state index contributed by atoms with van der Waals surface area (Å²) in [6, 6.07) is 6.85. The van der Waals surface area contributed by atoms with Crippen molar-refractivity contribution in [3.8, 4) is 5.75 Å². The smallest absolute Gasteiger partial charge is 0.416 e. The summed E-state index contributed by atoms with van der Waals surface area (Å²) in [5.74, 6) is -0.800. The molecule has 1 aliphatic rings. The van der Waals surface area contributed by atoms with E-state index in [9.17, 15) is 26.4 Å². The van der Waals surface area contributed by atoms with Crippen molar-refractivity contribution in [2.75, 3.05) is 6.61 Å². The van der Waals surface area contributed by atoms with Crippen LogP contribution in [0.4, 0.5) is 13.2 Å². The van der Waals surface area contributed by atoms with E-state index in [0.29, 0.717) is 47.8 Å². The van der Waals surface area contributed by atoms with Gasteiger partial charge in [-0.25, -0.2) is 17.9 Å². The molecule has 0 amide bonds. The molecule has 0 aromatic heterocycles. The minimum atomic E-state index is -4.72. The molecule has 0 saturated heterocycles. The number of sulfonamides is 1. The molecule has 6 nitrogen and oxygen atoms in total. The maximum Gasteiger partial charge on any atom is 0.416 e. The molecule has 172 valence electrons. The second kappa shape index (κ2) is 8.95. The number of nitrogens with one attached hydrogen (secondary N) is 1. The van der Waals surface area contributed by atoms with Crippen LogP contribution in [0.15, 0.2) is 47.9 Å². The summed E-state index contributed by atoms with van der Waals surface area (Å²) in [5.41, 5.74) is 0.588. The van der Waals surface area contributed by atoms with Gasteiger partial charge in [-0.3, -0.25) is 0 Å². The normalized spacial score (nSPS) is 16.3. The van der Waals surface area contributed by atoms with Crippen molar-refractivity contribution in [2.24, 2.45) is 0 Å². The maximum absolute atomic E-state index is 13.3. The van der Waals surface area contributed by atoms with Crippen LogP contribution in [0.2, 0.25) is 0 Å².